The van der Waals surface area contributed by atoms with E-state index in [0.29, 0.717) is 18.8 Å². The summed E-state index contributed by atoms with van der Waals surface area (Å²) in [7, 11) is 0. The number of benzene rings is 1. The second-order valence-electron chi connectivity index (χ2n) is 4.37. The molecule has 0 radical (unpaired) electrons. The first kappa shape index (κ1) is 14.9. The molecule has 0 amide bonds. The molecule has 0 aliphatic heterocycles. The average molecular weight is 303 g/mol. The van der Waals surface area contributed by atoms with Gasteiger partial charge in [0.05, 0.1) is 16.1 Å². The number of hydrogen-bond acceptors (Lipinski definition) is 2. The molecule has 108 valence electrons. The van der Waals surface area contributed by atoms with Crippen molar-refractivity contribution in [2.75, 3.05) is 11.9 Å². The van der Waals surface area contributed by atoms with Crippen LogP contribution in [-0.2, 0) is 12.6 Å². The van der Waals surface area contributed by atoms with Crippen LogP contribution in [0.1, 0.15) is 25.0 Å². The summed E-state index contributed by atoms with van der Waals surface area (Å²) in [4.78, 5) is 4.27. The third kappa shape index (κ3) is 2.68. The molecule has 1 N–H and O–H groups in total. The molecule has 0 bridgehead atoms. The van der Waals surface area contributed by atoms with Crippen molar-refractivity contribution in [2.45, 2.75) is 26.4 Å². The van der Waals surface area contributed by atoms with Crippen molar-refractivity contribution in [1.82, 2.24) is 4.98 Å². The summed E-state index contributed by atoms with van der Waals surface area (Å²) >= 11 is 5.99. The smallest absolute Gasteiger partial charge is 0.370 e. The molecular weight excluding hydrogens is 289 g/mol. The molecule has 0 unspecified atom stereocenters. The third-order valence-corrected chi connectivity index (χ3v) is 3.35. The first-order valence-corrected chi connectivity index (χ1v) is 6.69. The van der Waals surface area contributed by atoms with Crippen LogP contribution in [0.4, 0.5) is 19.0 Å². The van der Waals surface area contributed by atoms with Crippen molar-refractivity contribution in [1.29, 1.82) is 0 Å². The van der Waals surface area contributed by atoms with Gasteiger partial charge in [0.1, 0.15) is 5.82 Å². The second kappa shape index (κ2) is 5.48. The number of aromatic nitrogens is 1. The Bertz CT molecular complexity index is 638. The minimum absolute atomic E-state index is 0.0449. The Hall–Kier alpha value is -1.49. The van der Waals surface area contributed by atoms with Crippen LogP contribution in [0.25, 0.3) is 10.9 Å². The van der Waals surface area contributed by atoms with E-state index in [1.54, 1.807) is 0 Å². The molecule has 0 atom stereocenters. The zero-order chi connectivity index (χ0) is 14.9. The van der Waals surface area contributed by atoms with Crippen LogP contribution in [0.3, 0.4) is 0 Å². The summed E-state index contributed by atoms with van der Waals surface area (Å²) in [5.41, 5.74) is 0.212. The first-order valence-electron chi connectivity index (χ1n) is 6.31. The highest BCUT2D eigenvalue weighted by Crippen LogP contribution is 2.38. The molecule has 2 nitrogen and oxygen atoms in total. The fourth-order valence-corrected chi connectivity index (χ4v) is 2.31. The second-order valence-corrected chi connectivity index (χ2v) is 4.78. The van der Waals surface area contributed by atoms with E-state index < -0.39 is 11.7 Å². The Morgan fingerprint density at radius 3 is 2.50 bits per heavy atom. The fraction of sp³-hybridized carbons (Fsp3) is 0.357. The molecule has 0 aliphatic rings. The van der Waals surface area contributed by atoms with Crippen molar-refractivity contribution >= 4 is 28.3 Å². The molecule has 6 heteroatoms. The number of fused-ring (bicyclic) bond motifs is 1. The van der Waals surface area contributed by atoms with E-state index in [1.807, 2.05) is 13.8 Å². The van der Waals surface area contributed by atoms with Crippen molar-refractivity contribution < 1.29 is 13.2 Å². The molecule has 1 aromatic heterocycles. The van der Waals surface area contributed by atoms with Crippen LogP contribution < -0.4 is 5.32 Å². The number of pyridine rings is 1. The number of nitrogens with zero attached hydrogens (tertiary/aromatic N) is 1. The summed E-state index contributed by atoms with van der Waals surface area (Å²) in [6.45, 7) is 4.42. The lowest BCUT2D eigenvalue weighted by molar-refractivity contribution is -0.136. The molecule has 20 heavy (non-hydrogen) atoms. The third-order valence-electron chi connectivity index (χ3n) is 3.04. The number of aryl methyl sites for hydroxylation is 1. The highest BCUT2D eigenvalue weighted by atomic mass is 35.5. The van der Waals surface area contributed by atoms with Crippen LogP contribution in [0, 0.1) is 0 Å². The monoisotopic (exact) mass is 302 g/mol. The lowest BCUT2D eigenvalue weighted by Crippen LogP contribution is -2.08. The number of rotatable bonds is 3. The lowest BCUT2D eigenvalue weighted by atomic mass is 10.0. The molecule has 2 rings (SSSR count). The molecule has 0 saturated carbocycles. The Labute approximate surface area is 120 Å². The summed E-state index contributed by atoms with van der Waals surface area (Å²) < 4.78 is 39.1. The van der Waals surface area contributed by atoms with Crippen LogP contribution in [0.5, 0.6) is 0 Å². The number of alkyl halides is 3. The predicted octanol–water partition coefficient (Wildman–Crippen LogP) is 4.90. The van der Waals surface area contributed by atoms with Crippen molar-refractivity contribution in [3.05, 3.63) is 34.3 Å². The van der Waals surface area contributed by atoms with E-state index in [-0.39, 0.29) is 15.9 Å². The Kier molecular flexibility index (Phi) is 4.09. The van der Waals surface area contributed by atoms with Gasteiger partial charge in [-0.1, -0.05) is 18.5 Å². The van der Waals surface area contributed by atoms with Crippen LogP contribution in [-0.4, -0.2) is 11.5 Å². The van der Waals surface area contributed by atoms with Gasteiger partial charge in [0, 0.05) is 11.9 Å². The van der Waals surface area contributed by atoms with E-state index >= 15 is 0 Å². The van der Waals surface area contributed by atoms with Crippen molar-refractivity contribution in [3.63, 3.8) is 0 Å². The SMILES string of the molecule is CCNc1nc2c(Cl)ccc(C(F)(F)F)c2cc1CC. The van der Waals surface area contributed by atoms with Crippen LogP contribution in [0.15, 0.2) is 18.2 Å². The van der Waals surface area contributed by atoms with Gasteiger partial charge in [0.25, 0.3) is 0 Å². The van der Waals surface area contributed by atoms with E-state index in [9.17, 15) is 13.2 Å². The molecule has 0 fully saturated rings. The van der Waals surface area contributed by atoms with E-state index in [0.717, 1.165) is 11.6 Å². The fourth-order valence-electron chi connectivity index (χ4n) is 2.10. The van der Waals surface area contributed by atoms with Crippen molar-refractivity contribution in [3.8, 4) is 0 Å². The molecular formula is C14H14ClF3N2. The highest BCUT2D eigenvalue weighted by Gasteiger charge is 2.33. The van der Waals surface area contributed by atoms with Gasteiger partial charge in [-0.25, -0.2) is 4.98 Å². The maximum absolute atomic E-state index is 13.0. The normalized spacial score (nSPS) is 11.9. The zero-order valence-corrected chi connectivity index (χ0v) is 11.9. The molecule has 0 spiro atoms. The quantitative estimate of drug-likeness (QED) is 0.872. The Morgan fingerprint density at radius 1 is 1.25 bits per heavy atom. The summed E-state index contributed by atoms with van der Waals surface area (Å²) in [6.07, 6.45) is -3.83. The maximum Gasteiger partial charge on any atom is 0.417 e. The number of nitrogens with one attached hydrogen (secondary N) is 1. The first-order chi connectivity index (χ1) is 9.38. The summed E-state index contributed by atoms with van der Waals surface area (Å²) in [5.74, 6) is 0.587. The van der Waals surface area contributed by atoms with E-state index in [2.05, 4.69) is 10.3 Å². The van der Waals surface area contributed by atoms with E-state index in [1.165, 1.54) is 12.1 Å². The summed E-state index contributed by atoms with van der Waals surface area (Å²) in [6, 6.07) is 3.76. The molecule has 2 aromatic rings. The Morgan fingerprint density at radius 2 is 1.95 bits per heavy atom. The van der Waals surface area contributed by atoms with Gasteiger partial charge in [-0.05, 0) is 37.1 Å². The average Bonchev–Trinajstić information content (AvgIpc) is 2.38. The van der Waals surface area contributed by atoms with Gasteiger partial charge < -0.3 is 5.32 Å². The van der Waals surface area contributed by atoms with Gasteiger partial charge in [-0.15, -0.1) is 0 Å². The largest absolute Gasteiger partial charge is 0.417 e. The van der Waals surface area contributed by atoms with Gasteiger partial charge in [-0.3, -0.25) is 0 Å². The van der Waals surface area contributed by atoms with E-state index in [4.69, 9.17) is 11.6 Å². The predicted molar refractivity (Wildman–Crippen MR) is 75.3 cm³/mol. The van der Waals surface area contributed by atoms with Crippen LogP contribution in [0.2, 0.25) is 5.02 Å². The minimum atomic E-state index is -4.42. The summed E-state index contributed by atoms with van der Waals surface area (Å²) in [5, 5.41) is 3.32. The molecule has 0 aliphatic carbocycles. The minimum Gasteiger partial charge on any atom is -0.370 e. The van der Waals surface area contributed by atoms with Crippen LogP contribution >= 0.6 is 11.6 Å². The van der Waals surface area contributed by atoms with Crippen molar-refractivity contribution in [2.24, 2.45) is 0 Å². The topological polar surface area (TPSA) is 24.9 Å². The molecule has 1 heterocycles. The van der Waals surface area contributed by atoms with Gasteiger partial charge in [-0.2, -0.15) is 13.2 Å². The number of halogens is 4. The number of hydrogen-bond donors (Lipinski definition) is 1. The molecule has 0 saturated heterocycles. The number of anilines is 1. The van der Waals surface area contributed by atoms with Gasteiger partial charge >= 0.3 is 6.18 Å². The van der Waals surface area contributed by atoms with Gasteiger partial charge in [0.15, 0.2) is 0 Å². The maximum atomic E-state index is 13.0. The highest BCUT2D eigenvalue weighted by molar-refractivity contribution is 6.35. The Balaban J connectivity index is 2.79. The molecule has 1 aromatic carbocycles. The lowest BCUT2D eigenvalue weighted by Gasteiger charge is -2.15. The zero-order valence-electron chi connectivity index (χ0n) is 11.1. The van der Waals surface area contributed by atoms with Gasteiger partial charge in [0.2, 0.25) is 0 Å². The standard InChI is InChI=1S/C14H14ClF3N2/c1-3-8-7-9-10(14(16,17)18)5-6-11(15)12(9)20-13(8)19-4-2/h5-7H,3-4H2,1-2H3,(H,19,20).